The van der Waals surface area contributed by atoms with Crippen molar-refractivity contribution in [1.82, 2.24) is 10.2 Å². The summed E-state index contributed by atoms with van der Waals surface area (Å²) in [5.41, 5.74) is 0. The molecule has 2 saturated heterocycles. The van der Waals surface area contributed by atoms with Gasteiger partial charge in [-0.1, -0.05) is 20.3 Å². The molecule has 4 heteroatoms. The number of hydrogen-bond acceptors (Lipinski definition) is 3. The zero-order valence-corrected chi connectivity index (χ0v) is 11.8. The summed E-state index contributed by atoms with van der Waals surface area (Å²) in [6.45, 7) is 7.42. The van der Waals surface area contributed by atoms with E-state index in [4.69, 9.17) is 0 Å². The number of carbonyl (C=O) groups excluding carboxylic acids is 1. The van der Waals surface area contributed by atoms with Crippen LogP contribution < -0.4 is 5.32 Å². The molecule has 2 aliphatic rings. The quantitative estimate of drug-likeness (QED) is 0.777. The molecule has 2 heterocycles. The zero-order chi connectivity index (χ0) is 12.3. The Bertz CT molecular complexity index is 275. The van der Waals surface area contributed by atoms with Crippen molar-refractivity contribution in [3.05, 3.63) is 0 Å². The first kappa shape index (κ1) is 13.2. The summed E-state index contributed by atoms with van der Waals surface area (Å²) < 4.78 is 0.328. The van der Waals surface area contributed by atoms with Gasteiger partial charge in [0.1, 0.15) is 0 Å². The SMILES string of the molecule is CC1(C)CCN(C(=O)[C@@H]2CCCCN2)CCS1. The third-order valence-electron chi connectivity index (χ3n) is 3.76. The fourth-order valence-corrected chi connectivity index (χ4v) is 3.62. The van der Waals surface area contributed by atoms with E-state index >= 15 is 0 Å². The van der Waals surface area contributed by atoms with E-state index in [-0.39, 0.29) is 6.04 Å². The van der Waals surface area contributed by atoms with Gasteiger partial charge in [-0.05, 0) is 25.8 Å². The highest BCUT2D eigenvalue weighted by Crippen LogP contribution is 2.30. The second-order valence-electron chi connectivity index (χ2n) is 5.69. The number of carbonyl (C=O) groups is 1. The number of nitrogens with one attached hydrogen (secondary N) is 1. The van der Waals surface area contributed by atoms with Gasteiger partial charge < -0.3 is 10.2 Å². The van der Waals surface area contributed by atoms with Gasteiger partial charge in [0.15, 0.2) is 0 Å². The van der Waals surface area contributed by atoms with E-state index in [0.717, 1.165) is 38.2 Å². The number of amides is 1. The molecule has 0 spiro atoms. The smallest absolute Gasteiger partial charge is 0.239 e. The fourth-order valence-electron chi connectivity index (χ4n) is 2.52. The maximum Gasteiger partial charge on any atom is 0.239 e. The number of hydrogen-bond donors (Lipinski definition) is 1. The van der Waals surface area contributed by atoms with Gasteiger partial charge in [0, 0.05) is 23.6 Å². The molecule has 2 rings (SSSR count). The van der Waals surface area contributed by atoms with Crippen LogP contribution >= 0.6 is 11.8 Å². The maximum absolute atomic E-state index is 12.4. The van der Waals surface area contributed by atoms with Crippen LogP contribution in [0.1, 0.15) is 39.5 Å². The highest BCUT2D eigenvalue weighted by atomic mass is 32.2. The first-order valence-electron chi connectivity index (χ1n) is 6.75. The topological polar surface area (TPSA) is 32.3 Å². The van der Waals surface area contributed by atoms with Crippen LogP contribution in [-0.2, 0) is 4.79 Å². The Labute approximate surface area is 109 Å². The van der Waals surface area contributed by atoms with Crippen LogP contribution in [0.2, 0.25) is 0 Å². The molecule has 0 bridgehead atoms. The predicted molar refractivity (Wildman–Crippen MR) is 73.4 cm³/mol. The minimum atomic E-state index is 0.0926. The van der Waals surface area contributed by atoms with Crippen LogP contribution in [0.25, 0.3) is 0 Å². The molecule has 1 amide bonds. The molecule has 1 atom stereocenters. The molecule has 0 radical (unpaired) electrons. The zero-order valence-electron chi connectivity index (χ0n) is 11.0. The molecule has 0 saturated carbocycles. The first-order valence-corrected chi connectivity index (χ1v) is 7.73. The Hall–Kier alpha value is -0.220. The fraction of sp³-hybridized carbons (Fsp3) is 0.923. The van der Waals surface area contributed by atoms with Gasteiger partial charge in [-0.2, -0.15) is 11.8 Å². The largest absolute Gasteiger partial charge is 0.340 e. The maximum atomic E-state index is 12.4. The van der Waals surface area contributed by atoms with Crippen molar-refractivity contribution in [3.8, 4) is 0 Å². The second kappa shape index (κ2) is 5.61. The molecular weight excluding hydrogens is 232 g/mol. The summed E-state index contributed by atoms with van der Waals surface area (Å²) in [5, 5.41) is 3.36. The average Bonchev–Trinajstić information content (AvgIpc) is 2.50. The summed E-state index contributed by atoms with van der Waals surface area (Å²) in [6, 6.07) is 0.0926. The van der Waals surface area contributed by atoms with Gasteiger partial charge in [-0.3, -0.25) is 4.79 Å². The van der Waals surface area contributed by atoms with E-state index < -0.39 is 0 Å². The molecule has 0 unspecified atom stereocenters. The summed E-state index contributed by atoms with van der Waals surface area (Å²) >= 11 is 1.99. The monoisotopic (exact) mass is 256 g/mol. The Kier molecular flexibility index (Phi) is 4.36. The van der Waals surface area contributed by atoms with Crippen LogP contribution in [-0.4, -0.2) is 47.0 Å². The normalized spacial score (nSPS) is 29.8. The molecule has 3 nitrogen and oxygen atoms in total. The van der Waals surface area contributed by atoms with E-state index in [2.05, 4.69) is 24.1 Å². The van der Waals surface area contributed by atoms with Gasteiger partial charge >= 0.3 is 0 Å². The van der Waals surface area contributed by atoms with E-state index in [1.54, 1.807) is 0 Å². The number of rotatable bonds is 1. The Morgan fingerprint density at radius 2 is 2.18 bits per heavy atom. The minimum absolute atomic E-state index is 0.0926. The third kappa shape index (κ3) is 3.62. The molecular formula is C13H24N2OS. The lowest BCUT2D eigenvalue weighted by Crippen LogP contribution is -2.49. The standard InChI is InChI=1S/C13H24N2OS/c1-13(2)6-8-15(9-10-17-13)12(16)11-5-3-4-7-14-11/h11,14H,3-10H2,1-2H3/t11-/m0/s1. The Morgan fingerprint density at radius 1 is 1.35 bits per heavy atom. The van der Waals surface area contributed by atoms with Gasteiger partial charge in [-0.25, -0.2) is 0 Å². The van der Waals surface area contributed by atoms with Crippen molar-refractivity contribution in [2.24, 2.45) is 0 Å². The van der Waals surface area contributed by atoms with Crippen molar-refractivity contribution in [1.29, 1.82) is 0 Å². The van der Waals surface area contributed by atoms with Crippen molar-refractivity contribution in [2.75, 3.05) is 25.4 Å². The Morgan fingerprint density at radius 3 is 2.88 bits per heavy atom. The van der Waals surface area contributed by atoms with Crippen molar-refractivity contribution in [3.63, 3.8) is 0 Å². The first-order chi connectivity index (χ1) is 8.08. The van der Waals surface area contributed by atoms with Crippen molar-refractivity contribution < 1.29 is 4.79 Å². The van der Waals surface area contributed by atoms with E-state index in [0.29, 0.717) is 10.7 Å². The second-order valence-corrected chi connectivity index (χ2v) is 7.49. The third-order valence-corrected chi connectivity index (χ3v) is 5.13. The number of thioether (sulfide) groups is 1. The molecule has 0 aromatic carbocycles. The molecule has 17 heavy (non-hydrogen) atoms. The lowest BCUT2D eigenvalue weighted by atomic mass is 10.0. The van der Waals surface area contributed by atoms with Crippen LogP contribution in [0.3, 0.4) is 0 Å². The van der Waals surface area contributed by atoms with E-state index in [1.165, 1.54) is 12.8 Å². The lowest BCUT2D eigenvalue weighted by Gasteiger charge is -2.29. The molecule has 98 valence electrons. The van der Waals surface area contributed by atoms with Gasteiger partial charge in [-0.15, -0.1) is 0 Å². The van der Waals surface area contributed by atoms with Crippen LogP contribution in [0.5, 0.6) is 0 Å². The minimum Gasteiger partial charge on any atom is -0.340 e. The molecule has 0 aromatic rings. The average molecular weight is 256 g/mol. The highest BCUT2D eigenvalue weighted by molar-refractivity contribution is 8.00. The summed E-state index contributed by atoms with van der Waals surface area (Å²) in [4.78, 5) is 14.4. The number of nitrogens with zero attached hydrogens (tertiary/aromatic N) is 1. The van der Waals surface area contributed by atoms with E-state index in [1.807, 2.05) is 11.8 Å². The number of piperidine rings is 1. The summed E-state index contributed by atoms with van der Waals surface area (Å²) in [5.74, 6) is 1.41. The molecule has 2 fully saturated rings. The van der Waals surface area contributed by atoms with Crippen LogP contribution in [0.4, 0.5) is 0 Å². The Balaban J connectivity index is 1.90. The van der Waals surface area contributed by atoms with Crippen LogP contribution in [0.15, 0.2) is 0 Å². The van der Waals surface area contributed by atoms with Gasteiger partial charge in [0.25, 0.3) is 0 Å². The van der Waals surface area contributed by atoms with E-state index in [9.17, 15) is 4.79 Å². The molecule has 2 aliphatic heterocycles. The van der Waals surface area contributed by atoms with Crippen molar-refractivity contribution >= 4 is 17.7 Å². The highest BCUT2D eigenvalue weighted by Gasteiger charge is 2.29. The predicted octanol–water partition coefficient (Wildman–Crippen LogP) is 1.87. The summed E-state index contributed by atoms with van der Waals surface area (Å²) in [6.07, 6.45) is 4.53. The van der Waals surface area contributed by atoms with Gasteiger partial charge in [0.05, 0.1) is 6.04 Å². The lowest BCUT2D eigenvalue weighted by molar-refractivity contribution is -0.133. The molecule has 0 aromatic heterocycles. The van der Waals surface area contributed by atoms with Crippen molar-refractivity contribution in [2.45, 2.75) is 50.3 Å². The molecule has 1 N–H and O–H groups in total. The van der Waals surface area contributed by atoms with Gasteiger partial charge in [0.2, 0.25) is 5.91 Å². The summed E-state index contributed by atoms with van der Waals surface area (Å²) in [7, 11) is 0. The van der Waals surface area contributed by atoms with Crippen LogP contribution in [0, 0.1) is 0 Å². The molecule has 0 aliphatic carbocycles.